The molecule has 1 aromatic carbocycles. The molecule has 1 unspecified atom stereocenters. The highest BCUT2D eigenvalue weighted by Gasteiger charge is 2.34. The Morgan fingerprint density at radius 2 is 2.15 bits per heavy atom. The van der Waals surface area contributed by atoms with E-state index in [4.69, 9.17) is 10.5 Å². The Kier molecular flexibility index (Phi) is 3.04. The van der Waals surface area contributed by atoms with Gasteiger partial charge in [0.1, 0.15) is 17.2 Å². The van der Waals surface area contributed by atoms with Gasteiger partial charge < -0.3 is 10.5 Å². The lowest BCUT2D eigenvalue weighted by Gasteiger charge is -2.23. The van der Waals surface area contributed by atoms with Gasteiger partial charge in [-0.3, -0.25) is 0 Å². The minimum atomic E-state index is -0.141. The van der Waals surface area contributed by atoms with Crippen LogP contribution in [0, 0.1) is 5.92 Å². The van der Waals surface area contributed by atoms with E-state index in [1.54, 1.807) is 0 Å². The predicted octanol–water partition coefficient (Wildman–Crippen LogP) is 2.89. The fraction of sp³-hybridized carbons (Fsp3) is 0.500. The zero-order valence-corrected chi connectivity index (χ0v) is 12.3. The molecule has 0 fully saturated rings. The maximum absolute atomic E-state index is 6.14. The van der Waals surface area contributed by atoms with E-state index in [0.29, 0.717) is 11.8 Å². The first-order valence-corrected chi connectivity index (χ1v) is 7.21. The zero-order chi connectivity index (χ0) is 14.3. The SMILES string of the molecule is CCC1CC(N)=NN=C1c1cccc2c1OC(C)(C)C2. The molecule has 0 saturated heterocycles. The molecule has 1 atom stereocenters. The van der Waals surface area contributed by atoms with Crippen molar-refractivity contribution in [3.8, 4) is 5.75 Å². The number of benzene rings is 1. The molecule has 106 valence electrons. The molecule has 2 aliphatic heterocycles. The number of fused-ring (bicyclic) bond motifs is 1. The standard InChI is InChI=1S/C16H21N3O/c1-4-10-8-13(17)18-19-14(10)12-7-5-6-11-9-16(2,3)20-15(11)12/h5-7,10H,4,8-9H2,1-3H3,(H2,17,18). The van der Waals surface area contributed by atoms with Crippen molar-refractivity contribution in [1.82, 2.24) is 0 Å². The first-order valence-electron chi connectivity index (χ1n) is 7.21. The van der Waals surface area contributed by atoms with Gasteiger partial charge in [-0.05, 0) is 31.9 Å². The van der Waals surface area contributed by atoms with Crippen LogP contribution < -0.4 is 10.5 Å². The Morgan fingerprint density at radius 3 is 2.90 bits per heavy atom. The maximum Gasteiger partial charge on any atom is 0.132 e. The van der Waals surface area contributed by atoms with Crippen LogP contribution >= 0.6 is 0 Å². The van der Waals surface area contributed by atoms with Crippen molar-refractivity contribution in [3.05, 3.63) is 29.3 Å². The Bertz CT molecular complexity index is 602. The Labute approximate surface area is 119 Å². The monoisotopic (exact) mass is 271 g/mol. The zero-order valence-electron chi connectivity index (χ0n) is 12.3. The van der Waals surface area contributed by atoms with Crippen LogP contribution in [0.5, 0.6) is 5.75 Å². The molecule has 2 N–H and O–H groups in total. The third-order valence-corrected chi connectivity index (χ3v) is 3.99. The van der Waals surface area contributed by atoms with E-state index in [9.17, 15) is 0 Å². The van der Waals surface area contributed by atoms with Crippen LogP contribution in [-0.2, 0) is 6.42 Å². The molecule has 2 heterocycles. The molecule has 4 nitrogen and oxygen atoms in total. The number of para-hydroxylation sites is 1. The van der Waals surface area contributed by atoms with Crippen molar-refractivity contribution in [2.45, 2.75) is 45.6 Å². The van der Waals surface area contributed by atoms with Crippen molar-refractivity contribution in [2.75, 3.05) is 0 Å². The smallest absolute Gasteiger partial charge is 0.132 e. The Hall–Kier alpha value is -1.84. The Balaban J connectivity index is 2.06. The molecule has 2 aliphatic rings. The number of hydrogen-bond acceptors (Lipinski definition) is 4. The minimum Gasteiger partial charge on any atom is -0.487 e. The number of nitrogens with two attached hydrogens (primary N) is 1. The van der Waals surface area contributed by atoms with Crippen molar-refractivity contribution >= 4 is 11.5 Å². The number of hydrogen-bond donors (Lipinski definition) is 1. The van der Waals surface area contributed by atoms with Crippen molar-refractivity contribution in [1.29, 1.82) is 0 Å². The van der Waals surface area contributed by atoms with E-state index in [1.807, 2.05) is 0 Å². The molecule has 0 bridgehead atoms. The summed E-state index contributed by atoms with van der Waals surface area (Å²) >= 11 is 0. The molecule has 1 aromatic rings. The number of ether oxygens (including phenoxy) is 1. The fourth-order valence-corrected chi connectivity index (χ4v) is 3.02. The lowest BCUT2D eigenvalue weighted by atomic mass is 9.89. The average Bonchev–Trinajstić information content (AvgIpc) is 2.72. The van der Waals surface area contributed by atoms with Gasteiger partial charge in [-0.15, -0.1) is 5.10 Å². The van der Waals surface area contributed by atoms with Crippen LogP contribution in [-0.4, -0.2) is 17.1 Å². The van der Waals surface area contributed by atoms with Gasteiger partial charge in [0.15, 0.2) is 0 Å². The quantitative estimate of drug-likeness (QED) is 0.899. The van der Waals surface area contributed by atoms with Gasteiger partial charge in [-0.1, -0.05) is 19.1 Å². The van der Waals surface area contributed by atoms with Gasteiger partial charge in [0.2, 0.25) is 0 Å². The normalized spacial score (nSPS) is 23.6. The van der Waals surface area contributed by atoms with E-state index < -0.39 is 0 Å². The second-order valence-electron chi connectivity index (χ2n) is 6.22. The molecule has 0 spiro atoms. The minimum absolute atomic E-state index is 0.141. The highest BCUT2D eigenvalue weighted by molar-refractivity contribution is 6.08. The first-order chi connectivity index (χ1) is 9.50. The van der Waals surface area contributed by atoms with Gasteiger partial charge in [0, 0.05) is 24.3 Å². The Morgan fingerprint density at radius 1 is 1.35 bits per heavy atom. The van der Waals surface area contributed by atoms with E-state index >= 15 is 0 Å². The molecule has 0 radical (unpaired) electrons. The summed E-state index contributed by atoms with van der Waals surface area (Å²) in [6, 6.07) is 6.30. The van der Waals surface area contributed by atoms with Crippen LogP contribution in [0.25, 0.3) is 0 Å². The van der Waals surface area contributed by atoms with Crippen molar-refractivity contribution in [2.24, 2.45) is 21.9 Å². The third-order valence-electron chi connectivity index (χ3n) is 3.99. The highest BCUT2D eigenvalue weighted by Crippen LogP contribution is 2.39. The topological polar surface area (TPSA) is 60.0 Å². The summed E-state index contributed by atoms with van der Waals surface area (Å²) in [5.74, 6) is 1.92. The van der Waals surface area contributed by atoms with Crippen LogP contribution in [0.3, 0.4) is 0 Å². The molecule has 0 amide bonds. The van der Waals surface area contributed by atoms with Gasteiger partial charge in [-0.2, -0.15) is 5.10 Å². The molecular formula is C16H21N3O. The number of rotatable bonds is 2. The fourth-order valence-electron chi connectivity index (χ4n) is 3.02. The van der Waals surface area contributed by atoms with Crippen LogP contribution in [0.4, 0.5) is 0 Å². The van der Waals surface area contributed by atoms with E-state index in [-0.39, 0.29) is 5.60 Å². The lowest BCUT2D eigenvalue weighted by molar-refractivity contribution is 0.138. The summed E-state index contributed by atoms with van der Waals surface area (Å²) in [5.41, 5.74) is 9.01. The highest BCUT2D eigenvalue weighted by atomic mass is 16.5. The molecule has 0 saturated carbocycles. The van der Waals surface area contributed by atoms with E-state index in [1.165, 1.54) is 5.56 Å². The summed E-state index contributed by atoms with van der Waals surface area (Å²) in [4.78, 5) is 0. The number of nitrogens with zero attached hydrogens (tertiary/aromatic N) is 2. The van der Waals surface area contributed by atoms with Crippen LogP contribution in [0.2, 0.25) is 0 Å². The second-order valence-corrected chi connectivity index (χ2v) is 6.22. The molecule has 20 heavy (non-hydrogen) atoms. The third kappa shape index (κ3) is 2.19. The molecule has 0 aliphatic carbocycles. The average molecular weight is 271 g/mol. The maximum atomic E-state index is 6.14. The first kappa shape index (κ1) is 13.2. The van der Waals surface area contributed by atoms with Gasteiger partial charge in [-0.25, -0.2) is 0 Å². The molecular weight excluding hydrogens is 250 g/mol. The summed E-state index contributed by atoms with van der Waals surface area (Å²) in [7, 11) is 0. The largest absolute Gasteiger partial charge is 0.487 e. The van der Waals surface area contributed by atoms with Crippen molar-refractivity contribution < 1.29 is 4.74 Å². The summed E-state index contributed by atoms with van der Waals surface area (Å²) in [6.45, 7) is 6.40. The van der Waals surface area contributed by atoms with E-state index in [0.717, 1.165) is 36.3 Å². The summed E-state index contributed by atoms with van der Waals surface area (Å²) in [5, 5.41) is 8.43. The van der Waals surface area contributed by atoms with Gasteiger partial charge in [0.05, 0.1) is 5.71 Å². The second kappa shape index (κ2) is 4.62. The van der Waals surface area contributed by atoms with Gasteiger partial charge in [0.25, 0.3) is 0 Å². The lowest BCUT2D eigenvalue weighted by Crippen LogP contribution is -2.28. The van der Waals surface area contributed by atoms with Gasteiger partial charge >= 0.3 is 0 Å². The van der Waals surface area contributed by atoms with Crippen LogP contribution in [0.15, 0.2) is 28.4 Å². The summed E-state index contributed by atoms with van der Waals surface area (Å²) in [6.07, 6.45) is 2.72. The summed E-state index contributed by atoms with van der Waals surface area (Å²) < 4.78 is 6.14. The predicted molar refractivity (Wildman–Crippen MR) is 81.4 cm³/mol. The van der Waals surface area contributed by atoms with E-state index in [2.05, 4.69) is 49.2 Å². The van der Waals surface area contributed by atoms with Crippen molar-refractivity contribution in [3.63, 3.8) is 0 Å². The van der Waals surface area contributed by atoms with Crippen LogP contribution in [0.1, 0.15) is 44.7 Å². The molecule has 4 heteroatoms. The number of amidine groups is 1. The molecule has 3 rings (SSSR count). The molecule has 0 aromatic heterocycles.